The minimum atomic E-state index is -1.00. The zero-order valence-corrected chi connectivity index (χ0v) is 27.9. The van der Waals surface area contributed by atoms with Crippen LogP contribution in [0.2, 0.25) is 0 Å². The van der Waals surface area contributed by atoms with Gasteiger partial charge in [0.15, 0.2) is 11.5 Å². The zero-order chi connectivity index (χ0) is 33.0. The van der Waals surface area contributed by atoms with Gasteiger partial charge in [-0.2, -0.15) is 4.90 Å². The highest BCUT2D eigenvalue weighted by Crippen LogP contribution is 2.29. The van der Waals surface area contributed by atoms with E-state index in [1.165, 1.54) is 36.6 Å². The van der Waals surface area contributed by atoms with Crippen molar-refractivity contribution in [3.63, 3.8) is 0 Å². The van der Waals surface area contributed by atoms with Crippen molar-refractivity contribution >= 4 is 36.1 Å². The third kappa shape index (κ3) is 13.0. The van der Waals surface area contributed by atoms with Gasteiger partial charge in [-0.05, 0) is 89.8 Å². The fourth-order valence-electron chi connectivity index (χ4n) is 5.21. The molecule has 0 N–H and O–H groups in total. The number of aliphatic imine (C=N–C) groups is 1. The van der Waals surface area contributed by atoms with Crippen molar-refractivity contribution in [3.8, 4) is 0 Å². The van der Waals surface area contributed by atoms with Gasteiger partial charge in [-0.15, -0.1) is 0 Å². The number of aromatic nitrogens is 2. The highest BCUT2D eigenvalue weighted by atomic mass is 16.6. The molecule has 0 spiro atoms. The first kappa shape index (κ1) is 37.4. The summed E-state index contributed by atoms with van der Waals surface area (Å²) in [5, 5.41) is 0. The van der Waals surface area contributed by atoms with E-state index in [4.69, 9.17) is 4.74 Å². The summed E-state index contributed by atoms with van der Waals surface area (Å²) >= 11 is 0. The summed E-state index contributed by atoms with van der Waals surface area (Å²) < 4.78 is 6.99. The molecule has 3 amide bonds. The van der Waals surface area contributed by atoms with Gasteiger partial charge >= 0.3 is 6.09 Å². The molecule has 246 valence electrons. The Labute approximate surface area is 270 Å². The van der Waals surface area contributed by atoms with E-state index in [2.05, 4.69) is 67.2 Å². The Morgan fingerprint density at radius 2 is 1.69 bits per heavy atom. The van der Waals surface area contributed by atoms with Crippen LogP contribution in [-0.4, -0.2) is 45.7 Å². The van der Waals surface area contributed by atoms with Gasteiger partial charge < -0.3 is 4.74 Å². The smallest absolute Gasteiger partial charge is 0.424 e. The lowest BCUT2D eigenvalue weighted by molar-refractivity contribution is -0.127. The van der Waals surface area contributed by atoms with Crippen LogP contribution in [0.4, 0.5) is 10.6 Å². The molecule has 1 heterocycles. The zero-order valence-electron chi connectivity index (χ0n) is 27.9. The van der Waals surface area contributed by atoms with Crippen LogP contribution in [0.25, 0.3) is 5.70 Å². The van der Waals surface area contributed by atoms with E-state index in [1.54, 1.807) is 6.92 Å². The minimum Gasteiger partial charge on any atom is -0.444 e. The first-order chi connectivity index (χ1) is 21.7. The highest BCUT2D eigenvalue weighted by molar-refractivity contribution is 6.15. The third-order valence-electron chi connectivity index (χ3n) is 8.07. The number of hydrogen-bond donors (Lipinski definition) is 0. The van der Waals surface area contributed by atoms with Crippen LogP contribution in [0.1, 0.15) is 128 Å². The first-order valence-electron chi connectivity index (χ1n) is 16.6. The topological polar surface area (TPSA) is 93.9 Å². The second-order valence-electron chi connectivity index (χ2n) is 11.9. The number of hydrogen-bond acceptors (Lipinski definition) is 6. The summed E-state index contributed by atoms with van der Waals surface area (Å²) in [6.07, 6.45) is 25.5. The van der Waals surface area contributed by atoms with Gasteiger partial charge in [0.25, 0.3) is 5.91 Å². The predicted molar refractivity (Wildman–Crippen MR) is 185 cm³/mol. The molecule has 0 bridgehead atoms. The van der Waals surface area contributed by atoms with Gasteiger partial charge in [-0.3, -0.25) is 14.2 Å². The molecule has 45 heavy (non-hydrogen) atoms. The van der Waals surface area contributed by atoms with Gasteiger partial charge in [-0.25, -0.2) is 14.8 Å². The Balaban J connectivity index is 1.90. The molecule has 0 aromatic carbocycles. The summed E-state index contributed by atoms with van der Waals surface area (Å²) in [6.45, 7) is 17.4. The van der Waals surface area contributed by atoms with E-state index in [0.717, 1.165) is 68.9 Å². The van der Waals surface area contributed by atoms with Crippen molar-refractivity contribution in [2.45, 2.75) is 117 Å². The fraction of sp³-hybridized carbons (Fsp3) is 0.541. The largest absolute Gasteiger partial charge is 0.444 e. The number of nitrogens with zero attached hydrogens (tertiary/aromatic N) is 4. The van der Waals surface area contributed by atoms with E-state index in [9.17, 15) is 14.4 Å². The second kappa shape index (κ2) is 21.0. The lowest BCUT2D eigenvalue weighted by atomic mass is 9.86. The number of carbonyl (C=O) groups excluding carboxylic acids is 3. The van der Waals surface area contributed by atoms with Crippen molar-refractivity contribution in [2.24, 2.45) is 10.9 Å². The van der Waals surface area contributed by atoms with Crippen molar-refractivity contribution < 1.29 is 19.1 Å². The standard InChI is InChI=1S/C37H54N4O4/c1-7-8-9-10-11-12-13-14-15-16-17-18-19-20-21-22-33(42)41(36(43)34-35(38-6)40(28-39-34)30(4)5)37(44)45-27-31-23-25-32(26-24-31)29(2)3/h11-12,14-15,23,28,32H,2,4,6-10,13,16-22,24-27H2,1,3,5H3/b12-11-,15-14-/t32-/m1/s1. The summed E-state index contributed by atoms with van der Waals surface area (Å²) in [5.41, 5.74) is 2.51. The molecule has 0 saturated carbocycles. The predicted octanol–water partition coefficient (Wildman–Crippen LogP) is 9.93. The molecular weight excluding hydrogens is 564 g/mol. The second-order valence-corrected chi connectivity index (χ2v) is 11.9. The van der Waals surface area contributed by atoms with Crippen molar-refractivity contribution in [3.05, 3.63) is 66.7 Å². The molecule has 1 aliphatic carbocycles. The highest BCUT2D eigenvalue weighted by Gasteiger charge is 2.34. The van der Waals surface area contributed by atoms with E-state index in [-0.39, 0.29) is 24.5 Å². The molecule has 1 aromatic rings. The summed E-state index contributed by atoms with van der Waals surface area (Å²) in [7, 11) is 0. The number of imide groups is 3. The summed E-state index contributed by atoms with van der Waals surface area (Å²) in [5.74, 6) is -0.956. The number of carbonyl (C=O) groups is 3. The maximum atomic E-state index is 13.5. The Hall–Kier alpha value is -3.81. The molecule has 0 unspecified atom stereocenters. The molecule has 8 heteroatoms. The van der Waals surface area contributed by atoms with Gasteiger partial charge in [0, 0.05) is 12.1 Å². The molecule has 1 aliphatic rings. The Morgan fingerprint density at radius 1 is 1.02 bits per heavy atom. The number of allylic oxidation sites excluding steroid dienone is 7. The molecule has 0 fully saturated rings. The number of ether oxygens (including phenoxy) is 1. The van der Waals surface area contributed by atoms with Crippen LogP contribution in [0.3, 0.4) is 0 Å². The Morgan fingerprint density at radius 3 is 2.29 bits per heavy atom. The summed E-state index contributed by atoms with van der Waals surface area (Å²) in [4.78, 5) is 48.7. The SMILES string of the molecule is C=Nc1c(C(=O)N(C(=O)CCCCCCC/C=C\C/C=C\CCCCC)C(=O)OCC2=CC[C@@H](C(=C)C)CC2)ncn1C(=C)C. The monoisotopic (exact) mass is 618 g/mol. The molecule has 0 saturated heterocycles. The van der Waals surface area contributed by atoms with Crippen molar-refractivity contribution in [1.82, 2.24) is 14.5 Å². The van der Waals surface area contributed by atoms with Crippen LogP contribution in [-0.2, 0) is 9.53 Å². The molecule has 0 aliphatic heterocycles. The quantitative estimate of drug-likeness (QED) is 0.0823. The maximum absolute atomic E-state index is 13.5. The van der Waals surface area contributed by atoms with Crippen molar-refractivity contribution in [1.29, 1.82) is 0 Å². The minimum absolute atomic E-state index is 0.0231. The average Bonchev–Trinajstić information content (AvgIpc) is 3.47. The van der Waals surface area contributed by atoms with Gasteiger partial charge in [-0.1, -0.05) is 88.1 Å². The number of imidazole rings is 1. The lowest BCUT2D eigenvalue weighted by Crippen LogP contribution is -2.42. The van der Waals surface area contributed by atoms with Crippen LogP contribution in [0.5, 0.6) is 0 Å². The van der Waals surface area contributed by atoms with Gasteiger partial charge in [0.05, 0.1) is 0 Å². The number of rotatable bonds is 20. The maximum Gasteiger partial charge on any atom is 0.424 e. The van der Waals surface area contributed by atoms with E-state index < -0.39 is 17.9 Å². The molecule has 0 radical (unpaired) electrons. The Kier molecular flexibility index (Phi) is 17.5. The average molecular weight is 619 g/mol. The number of amides is 3. The van der Waals surface area contributed by atoms with E-state index in [0.29, 0.717) is 22.9 Å². The van der Waals surface area contributed by atoms with Crippen molar-refractivity contribution in [2.75, 3.05) is 6.61 Å². The first-order valence-corrected chi connectivity index (χ1v) is 16.6. The van der Waals surface area contributed by atoms with Crippen LogP contribution < -0.4 is 0 Å². The molecule has 8 nitrogen and oxygen atoms in total. The fourth-order valence-corrected chi connectivity index (χ4v) is 5.21. The molecule has 1 aromatic heterocycles. The van der Waals surface area contributed by atoms with E-state index in [1.807, 2.05) is 6.92 Å². The van der Waals surface area contributed by atoms with E-state index >= 15 is 0 Å². The number of unbranched alkanes of at least 4 members (excludes halogenated alkanes) is 8. The molecule has 1 atom stereocenters. The van der Waals surface area contributed by atoms with Crippen LogP contribution in [0, 0.1) is 5.92 Å². The van der Waals surface area contributed by atoms with Crippen LogP contribution in [0.15, 0.2) is 66.0 Å². The Bertz CT molecular complexity index is 1250. The van der Waals surface area contributed by atoms with Gasteiger partial charge in [0.2, 0.25) is 5.91 Å². The molecule has 2 rings (SSSR count). The summed E-state index contributed by atoms with van der Waals surface area (Å²) in [6, 6.07) is 0. The lowest BCUT2D eigenvalue weighted by Gasteiger charge is -2.23. The normalized spacial score (nSPS) is 14.8. The third-order valence-corrected chi connectivity index (χ3v) is 8.07. The molecular formula is C37H54N4O4. The van der Waals surface area contributed by atoms with Gasteiger partial charge in [0.1, 0.15) is 12.9 Å². The van der Waals surface area contributed by atoms with Crippen LogP contribution >= 0.6 is 0 Å².